The summed E-state index contributed by atoms with van der Waals surface area (Å²) in [5.41, 5.74) is 2.52. The molecule has 0 N–H and O–H groups in total. The van der Waals surface area contributed by atoms with Crippen molar-refractivity contribution in [1.82, 2.24) is 4.98 Å². The van der Waals surface area contributed by atoms with Crippen molar-refractivity contribution in [3.05, 3.63) is 53.9 Å². The third-order valence-corrected chi connectivity index (χ3v) is 3.15. The molecule has 0 radical (unpaired) electrons. The molecule has 1 aromatic heterocycles. The molecule has 0 aliphatic rings. The number of methoxy groups -OCH3 is 2. The number of benzene rings is 2. The van der Waals surface area contributed by atoms with Crippen LogP contribution in [-0.4, -0.2) is 19.2 Å². The number of oxazole rings is 1. The summed E-state index contributed by atoms with van der Waals surface area (Å²) in [5, 5.41) is 0. The van der Waals surface area contributed by atoms with Crippen molar-refractivity contribution in [2.45, 2.75) is 0 Å². The second-order valence-electron chi connectivity index (χ2n) is 4.44. The van der Waals surface area contributed by atoms with Gasteiger partial charge in [0.2, 0.25) is 5.89 Å². The Morgan fingerprint density at radius 1 is 0.952 bits per heavy atom. The lowest BCUT2D eigenvalue weighted by Gasteiger charge is -2.09. The number of hydrogen-bond donors (Lipinski definition) is 0. The van der Waals surface area contributed by atoms with E-state index < -0.39 is 0 Å². The molecule has 0 amide bonds. The van der Waals surface area contributed by atoms with Gasteiger partial charge in [0.1, 0.15) is 5.52 Å². The Bertz CT molecular complexity index is 757. The first-order valence-electron chi connectivity index (χ1n) is 6.56. The topological polar surface area (TPSA) is 44.5 Å². The third-order valence-electron chi connectivity index (χ3n) is 3.15. The summed E-state index contributed by atoms with van der Waals surface area (Å²) in [7, 11) is 3.24. The minimum atomic E-state index is 0.557. The van der Waals surface area contributed by atoms with Crippen LogP contribution in [-0.2, 0) is 0 Å². The first-order chi connectivity index (χ1) is 10.3. The van der Waals surface area contributed by atoms with E-state index in [1.807, 2.05) is 54.6 Å². The third kappa shape index (κ3) is 2.60. The molecule has 0 aliphatic heterocycles. The Kier molecular flexibility index (Phi) is 3.60. The van der Waals surface area contributed by atoms with Gasteiger partial charge in [-0.25, -0.2) is 4.98 Å². The molecule has 21 heavy (non-hydrogen) atoms. The van der Waals surface area contributed by atoms with Crippen LogP contribution in [0.1, 0.15) is 11.5 Å². The van der Waals surface area contributed by atoms with Crippen LogP contribution in [0.25, 0.3) is 23.3 Å². The Labute approximate surface area is 122 Å². The molecule has 0 saturated carbocycles. The predicted molar refractivity (Wildman–Crippen MR) is 82.5 cm³/mol. The number of fused-ring (bicyclic) bond motifs is 1. The van der Waals surface area contributed by atoms with E-state index in [0.29, 0.717) is 17.4 Å². The Morgan fingerprint density at radius 2 is 1.81 bits per heavy atom. The Balaban J connectivity index is 1.95. The molecule has 0 atom stereocenters. The van der Waals surface area contributed by atoms with E-state index in [1.54, 1.807) is 14.2 Å². The normalized spacial score (nSPS) is 11.1. The van der Waals surface area contributed by atoms with Crippen LogP contribution in [0.5, 0.6) is 11.5 Å². The van der Waals surface area contributed by atoms with Gasteiger partial charge in [0.25, 0.3) is 0 Å². The van der Waals surface area contributed by atoms with Gasteiger partial charge in [0.15, 0.2) is 17.1 Å². The number of rotatable bonds is 4. The first-order valence-corrected chi connectivity index (χ1v) is 6.56. The molecular formula is C17H15NO3. The highest BCUT2D eigenvalue weighted by molar-refractivity contribution is 5.77. The quantitative estimate of drug-likeness (QED) is 0.724. The molecule has 3 aromatic rings. The van der Waals surface area contributed by atoms with Crippen molar-refractivity contribution in [3.8, 4) is 11.5 Å². The van der Waals surface area contributed by atoms with E-state index in [-0.39, 0.29) is 0 Å². The van der Waals surface area contributed by atoms with Gasteiger partial charge in [0, 0.05) is 11.6 Å². The zero-order valence-corrected chi connectivity index (χ0v) is 11.9. The zero-order valence-electron chi connectivity index (χ0n) is 11.9. The van der Waals surface area contributed by atoms with Crippen LogP contribution < -0.4 is 9.47 Å². The predicted octanol–water partition coefficient (Wildman–Crippen LogP) is 4.02. The van der Waals surface area contributed by atoms with Crippen LogP contribution in [0.15, 0.2) is 46.9 Å². The second-order valence-corrected chi connectivity index (χ2v) is 4.44. The Hall–Kier alpha value is -2.75. The number of nitrogens with zero attached hydrogens (tertiary/aromatic N) is 1. The van der Waals surface area contributed by atoms with E-state index in [4.69, 9.17) is 13.9 Å². The van der Waals surface area contributed by atoms with Gasteiger partial charge in [-0.15, -0.1) is 0 Å². The van der Waals surface area contributed by atoms with Crippen LogP contribution in [0.3, 0.4) is 0 Å². The lowest BCUT2D eigenvalue weighted by Crippen LogP contribution is -1.92. The summed E-state index contributed by atoms with van der Waals surface area (Å²) in [6, 6.07) is 13.4. The minimum Gasteiger partial charge on any atom is -0.493 e. The van der Waals surface area contributed by atoms with Gasteiger partial charge in [-0.3, -0.25) is 0 Å². The lowest BCUT2D eigenvalue weighted by molar-refractivity contribution is 0.354. The average Bonchev–Trinajstić information content (AvgIpc) is 2.95. The molecule has 106 valence electrons. The van der Waals surface area contributed by atoms with Crippen molar-refractivity contribution < 1.29 is 13.9 Å². The summed E-state index contributed by atoms with van der Waals surface area (Å²) in [6.07, 6.45) is 3.71. The van der Waals surface area contributed by atoms with Crippen LogP contribution >= 0.6 is 0 Å². The summed E-state index contributed by atoms with van der Waals surface area (Å²) < 4.78 is 16.3. The van der Waals surface area contributed by atoms with E-state index in [1.165, 1.54) is 0 Å². The molecule has 2 aromatic carbocycles. The van der Waals surface area contributed by atoms with Crippen LogP contribution in [0, 0.1) is 0 Å². The van der Waals surface area contributed by atoms with Gasteiger partial charge < -0.3 is 13.9 Å². The molecule has 4 nitrogen and oxygen atoms in total. The van der Waals surface area contributed by atoms with Crippen molar-refractivity contribution in [1.29, 1.82) is 0 Å². The fourth-order valence-electron chi connectivity index (χ4n) is 2.17. The molecule has 4 heteroatoms. The van der Waals surface area contributed by atoms with Crippen molar-refractivity contribution in [2.24, 2.45) is 0 Å². The van der Waals surface area contributed by atoms with E-state index in [2.05, 4.69) is 4.98 Å². The molecule has 0 unspecified atom stereocenters. The molecular weight excluding hydrogens is 266 g/mol. The van der Waals surface area contributed by atoms with E-state index >= 15 is 0 Å². The molecule has 0 aliphatic carbocycles. The van der Waals surface area contributed by atoms with Crippen molar-refractivity contribution >= 4 is 23.3 Å². The molecule has 1 heterocycles. The fourth-order valence-corrected chi connectivity index (χ4v) is 2.17. The number of para-hydroxylation sites is 3. The summed E-state index contributed by atoms with van der Waals surface area (Å²) >= 11 is 0. The highest BCUT2D eigenvalue weighted by Crippen LogP contribution is 2.32. The summed E-state index contributed by atoms with van der Waals surface area (Å²) in [5.74, 6) is 1.94. The monoisotopic (exact) mass is 281 g/mol. The summed E-state index contributed by atoms with van der Waals surface area (Å²) in [4.78, 5) is 4.40. The smallest absolute Gasteiger partial charge is 0.220 e. The largest absolute Gasteiger partial charge is 0.493 e. The standard InChI is InChI=1S/C17H15NO3/c1-19-15-9-5-6-12(17(15)20-2)10-11-16-18-13-7-3-4-8-14(13)21-16/h3-11H,1-2H3. The zero-order chi connectivity index (χ0) is 14.7. The SMILES string of the molecule is COc1cccc(C=Cc2nc3ccccc3o2)c1OC. The van der Waals surface area contributed by atoms with Crippen LogP contribution in [0.4, 0.5) is 0 Å². The van der Waals surface area contributed by atoms with Gasteiger partial charge in [-0.05, 0) is 24.3 Å². The lowest BCUT2D eigenvalue weighted by atomic mass is 10.1. The highest BCUT2D eigenvalue weighted by Gasteiger charge is 2.07. The number of hydrogen-bond acceptors (Lipinski definition) is 4. The van der Waals surface area contributed by atoms with Crippen molar-refractivity contribution in [3.63, 3.8) is 0 Å². The molecule has 3 rings (SSSR count). The Morgan fingerprint density at radius 3 is 2.57 bits per heavy atom. The van der Waals surface area contributed by atoms with Crippen molar-refractivity contribution in [2.75, 3.05) is 14.2 Å². The number of ether oxygens (including phenoxy) is 2. The van der Waals surface area contributed by atoms with Gasteiger partial charge in [-0.2, -0.15) is 0 Å². The number of aromatic nitrogens is 1. The second kappa shape index (κ2) is 5.71. The van der Waals surface area contributed by atoms with Gasteiger partial charge in [0.05, 0.1) is 14.2 Å². The van der Waals surface area contributed by atoms with Gasteiger partial charge >= 0.3 is 0 Å². The molecule has 0 spiro atoms. The van der Waals surface area contributed by atoms with E-state index in [0.717, 1.165) is 16.7 Å². The molecule has 0 fully saturated rings. The highest BCUT2D eigenvalue weighted by atomic mass is 16.5. The first kappa shape index (κ1) is 13.2. The maximum absolute atomic E-state index is 5.65. The molecule has 0 saturated heterocycles. The maximum atomic E-state index is 5.65. The van der Waals surface area contributed by atoms with E-state index in [9.17, 15) is 0 Å². The van der Waals surface area contributed by atoms with Gasteiger partial charge in [-0.1, -0.05) is 24.3 Å². The van der Waals surface area contributed by atoms with Crippen LogP contribution in [0.2, 0.25) is 0 Å². The fraction of sp³-hybridized carbons (Fsp3) is 0.118. The average molecular weight is 281 g/mol. The summed E-state index contributed by atoms with van der Waals surface area (Å²) in [6.45, 7) is 0. The maximum Gasteiger partial charge on any atom is 0.220 e. The minimum absolute atomic E-state index is 0.557. The molecule has 0 bridgehead atoms.